The van der Waals surface area contributed by atoms with Gasteiger partial charge >= 0.3 is 0 Å². The highest BCUT2D eigenvalue weighted by atomic mass is 32.2. The Morgan fingerprint density at radius 2 is 1.76 bits per heavy atom. The van der Waals surface area contributed by atoms with Crippen LogP contribution in [-0.2, 0) is 22.9 Å². The third-order valence-electron chi connectivity index (χ3n) is 4.65. The molecule has 0 heterocycles. The largest absolute Gasteiger partial charge is 0.324 e. The lowest BCUT2D eigenvalue weighted by Gasteiger charge is -2.26. The maximum atomic E-state index is 12.4. The Bertz CT molecular complexity index is 592. The van der Waals surface area contributed by atoms with Crippen LogP contribution in [0.5, 0.6) is 0 Å². The molecule has 0 spiro atoms. The van der Waals surface area contributed by atoms with Crippen molar-refractivity contribution < 1.29 is 8.42 Å². The van der Waals surface area contributed by atoms with E-state index >= 15 is 0 Å². The summed E-state index contributed by atoms with van der Waals surface area (Å²) in [6.07, 6.45) is 5.86. The average molecular weight is 310 g/mol. The zero-order chi connectivity index (χ0) is 15.5. The molecule has 21 heavy (non-hydrogen) atoms. The van der Waals surface area contributed by atoms with Gasteiger partial charge in [-0.05, 0) is 61.8 Å². The first-order valence-corrected chi connectivity index (χ1v) is 9.29. The smallest absolute Gasteiger partial charge is 0.240 e. The quantitative estimate of drug-likeness (QED) is 0.847. The Kier molecular flexibility index (Phi) is 5.07. The minimum absolute atomic E-state index is 0.277. The van der Waals surface area contributed by atoms with Crippen LogP contribution in [0.4, 0.5) is 0 Å². The van der Waals surface area contributed by atoms with Gasteiger partial charge in [0.05, 0.1) is 4.90 Å². The number of hydrogen-bond acceptors (Lipinski definition) is 3. The topological polar surface area (TPSA) is 72.2 Å². The van der Waals surface area contributed by atoms with Crippen LogP contribution in [0.15, 0.2) is 23.1 Å². The third-order valence-corrected chi connectivity index (χ3v) is 6.05. The van der Waals surface area contributed by atoms with Gasteiger partial charge < -0.3 is 5.73 Å². The fourth-order valence-corrected chi connectivity index (χ4v) is 3.89. The highest BCUT2D eigenvalue weighted by Gasteiger charge is 2.24. The Hall–Kier alpha value is -0.910. The number of sulfonamides is 1. The van der Waals surface area contributed by atoms with Gasteiger partial charge in [0.25, 0.3) is 0 Å². The number of fused-ring (bicyclic) bond motifs is 1. The van der Waals surface area contributed by atoms with E-state index in [-0.39, 0.29) is 6.54 Å². The molecule has 0 aromatic heterocycles. The molecule has 1 aromatic carbocycles. The Morgan fingerprint density at radius 1 is 1.14 bits per heavy atom. The van der Waals surface area contributed by atoms with E-state index < -0.39 is 15.6 Å². The molecule has 5 heteroatoms. The van der Waals surface area contributed by atoms with Crippen molar-refractivity contribution in [3.05, 3.63) is 29.3 Å². The van der Waals surface area contributed by atoms with Crippen LogP contribution in [0, 0.1) is 0 Å². The van der Waals surface area contributed by atoms with Gasteiger partial charge in [-0.15, -0.1) is 0 Å². The van der Waals surface area contributed by atoms with Gasteiger partial charge in [0.15, 0.2) is 0 Å². The lowest BCUT2D eigenvalue weighted by atomic mass is 9.92. The summed E-state index contributed by atoms with van der Waals surface area (Å²) in [7, 11) is -3.48. The molecule has 3 N–H and O–H groups in total. The fraction of sp³-hybridized carbons (Fsp3) is 0.625. The van der Waals surface area contributed by atoms with Crippen molar-refractivity contribution in [1.82, 2.24) is 4.72 Å². The summed E-state index contributed by atoms with van der Waals surface area (Å²) < 4.78 is 27.5. The van der Waals surface area contributed by atoms with Crippen LogP contribution in [0.1, 0.15) is 50.7 Å². The van der Waals surface area contributed by atoms with E-state index in [0.29, 0.717) is 4.90 Å². The third kappa shape index (κ3) is 3.84. The average Bonchev–Trinajstić information content (AvgIpc) is 2.52. The monoisotopic (exact) mass is 310 g/mol. The predicted molar refractivity (Wildman–Crippen MR) is 85.8 cm³/mol. The molecule has 4 nitrogen and oxygen atoms in total. The number of nitrogens with two attached hydrogens (primary N) is 1. The SMILES string of the molecule is CCC(N)(CC)CNS(=O)(=O)c1ccc2c(c1)CCCC2. The van der Waals surface area contributed by atoms with Crippen molar-refractivity contribution in [3.8, 4) is 0 Å². The highest BCUT2D eigenvalue weighted by molar-refractivity contribution is 7.89. The normalized spacial score (nSPS) is 15.8. The van der Waals surface area contributed by atoms with Gasteiger partial charge in [-0.3, -0.25) is 0 Å². The summed E-state index contributed by atoms with van der Waals surface area (Å²) in [6.45, 7) is 4.24. The lowest BCUT2D eigenvalue weighted by molar-refractivity contribution is 0.392. The molecule has 0 radical (unpaired) electrons. The van der Waals surface area contributed by atoms with E-state index in [0.717, 1.165) is 32.1 Å². The molecule has 0 amide bonds. The molecule has 1 aromatic rings. The lowest BCUT2D eigenvalue weighted by Crippen LogP contribution is -2.49. The van der Waals surface area contributed by atoms with Crippen molar-refractivity contribution in [2.45, 2.75) is 62.8 Å². The highest BCUT2D eigenvalue weighted by Crippen LogP contribution is 2.24. The number of nitrogens with one attached hydrogen (secondary N) is 1. The molecule has 118 valence electrons. The molecular weight excluding hydrogens is 284 g/mol. The molecule has 0 saturated carbocycles. The molecule has 0 atom stereocenters. The van der Waals surface area contributed by atoms with Crippen LogP contribution >= 0.6 is 0 Å². The number of hydrogen-bond donors (Lipinski definition) is 2. The molecule has 1 aliphatic rings. The molecule has 0 fully saturated rings. The Balaban J connectivity index is 2.16. The van der Waals surface area contributed by atoms with Crippen molar-refractivity contribution in [1.29, 1.82) is 0 Å². The zero-order valence-corrected chi connectivity index (χ0v) is 13.8. The molecule has 2 rings (SSSR count). The molecule has 0 bridgehead atoms. The van der Waals surface area contributed by atoms with E-state index in [4.69, 9.17) is 5.73 Å². The van der Waals surface area contributed by atoms with Gasteiger partial charge in [-0.2, -0.15) is 0 Å². The van der Waals surface area contributed by atoms with Gasteiger partial charge in [0.2, 0.25) is 10.0 Å². The molecular formula is C16H26N2O2S. The predicted octanol–water partition coefficient (Wildman–Crippen LogP) is 2.36. The summed E-state index contributed by atoms with van der Waals surface area (Å²) in [5, 5.41) is 0. The van der Waals surface area contributed by atoms with Crippen LogP contribution in [0.2, 0.25) is 0 Å². The number of aryl methyl sites for hydroxylation is 2. The van der Waals surface area contributed by atoms with Crippen molar-refractivity contribution >= 4 is 10.0 Å². The maximum absolute atomic E-state index is 12.4. The first-order chi connectivity index (χ1) is 9.90. The van der Waals surface area contributed by atoms with Crippen LogP contribution in [0.25, 0.3) is 0 Å². The van der Waals surface area contributed by atoms with Crippen LogP contribution in [-0.4, -0.2) is 20.5 Å². The Morgan fingerprint density at radius 3 is 2.38 bits per heavy atom. The fourth-order valence-electron chi connectivity index (χ4n) is 2.70. The number of rotatable bonds is 6. The Labute approximate surface area is 128 Å². The summed E-state index contributed by atoms with van der Waals surface area (Å²) in [5.74, 6) is 0. The standard InChI is InChI=1S/C16H26N2O2S/c1-3-16(17,4-2)12-18-21(19,20)15-10-9-13-7-5-6-8-14(13)11-15/h9-11,18H,3-8,12,17H2,1-2H3. The van der Waals surface area contributed by atoms with Crippen LogP contribution in [0.3, 0.4) is 0 Å². The first-order valence-electron chi connectivity index (χ1n) is 7.80. The summed E-state index contributed by atoms with van der Waals surface area (Å²) in [6, 6.07) is 5.49. The minimum Gasteiger partial charge on any atom is -0.324 e. The second kappa shape index (κ2) is 6.46. The van der Waals surface area contributed by atoms with E-state index in [1.165, 1.54) is 17.5 Å². The molecule has 1 aliphatic carbocycles. The van der Waals surface area contributed by atoms with Gasteiger partial charge in [0, 0.05) is 12.1 Å². The van der Waals surface area contributed by atoms with Crippen molar-refractivity contribution in [3.63, 3.8) is 0 Å². The summed E-state index contributed by atoms with van der Waals surface area (Å²) >= 11 is 0. The molecule has 0 saturated heterocycles. The second-order valence-electron chi connectivity index (χ2n) is 6.03. The van der Waals surface area contributed by atoms with Gasteiger partial charge in [-0.25, -0.2) is 13.1 Å². The van der Waals surface area contributed by atoms with E-state index in [1.807, 2.05) is 26.0 Å². The second-order valence-corrected chi connectivity index (χ2v) is 7.80. The van der Waals surface area contributed by atoms with Crippen LogP contribution < -0.4 is 10.5 Å². The zero-order valence-electron chi connectivity index (χ0n) is 13.0. The summed E-state index contributed by atoms with van der Waals surface area (Å²) in [5.41, 5.74) is 8.16. The molecule has 0 unspecified atom stereocenters. The number of benzene rings is 1. The van der Waals surface area contributed by atoms with E-state index in [9.17, 15) is 8.42 Å². The minimum atomic E-state index is -3.48. The van der Waals surface area contributed by atoms with E-state index in [2.05, 4.69) is 4.72 Å². The van der Waals surface area contributed by atoms with Gasteiger partial charge in [-0.1, -0.05) is 19.9 Å². The first kappa shape index (κ1) is 16.5. The van der Waals surface area contributed by atoms with Crippen molar-refractivity contribution in [2.75, 3.05) is 6.54 Å². The summed E-state index contributed by atoms with van der Waals surface area (Å²) in [4.78, 5) is 0.359. The van der Waals surface area contributed by atoms with Gasteiger partial charge in [0.1, 0.15) is 0 Å². The molecule has 0 aliphatic heterocycles. The maximum Gasteiger partial charge on any atom is 0.240 e. The van der Waals surface area contributed by atoms with Crippen molar-refractivity contribution in [2.24, 2.45) is 5.73 Å². The van der Waals surface area contributed by atoms with E-state index in [1.54, 1.807) is 6.07 Å².